The summed E-state index contributed by atoms with van der Waals surface area (Å²) in [6, 6.07) is 0. The van der Waals surface area contributed by atoms with E-state index in [0.29, 0.717) is 12.5 Å². The van der Waals surface area contributed by atoms with E-state index in [1.54, 1.807) is 18.4 Å². The molecule has 2 rings (SSSR count). The van der Waals surface area contributed by atoms with Gasteiger partial charge in [0.05, 0.1) is 22.2 Å². The number of rotatable bonds is 5. The average Bonchev–Trinajstić information content (AvgIpc) is 2.94. The zero-order valence-corrected chi connectivity index (χ0v) is 12.5. The molecule has 7 heteroatoms. The molecular formula is C11H16N4OS2. The largest absolute Gasteiger partial charge is 0.378 e. The van der Waals surface area contributed by atoms with Gasteiger partial charge in [0.2, 0.25) is 5.13 Å². The summed E-state index contributed by atoms with van der Waals surface area (Å²) in [4.78, 5) is 5.69. The summed E-state index contributed by atoms with van der Waals surface area (Å²) in [7, 11) is 3.52. The fourth-order valence-corrected chi connectivity index (χ4v) is 3.29. The highest BCUT2D eigenvalue weighted by Gasteiger charge is 2.18. The lowest BCUT2D eigenvalue weighted by Gasteiger charge is -1.96. The van der Waals surface area contributed by atoms with E-state index in [0.717, 1.165) is 25.7 Å². The van der Waals surface area contributed by atoms with E-state index in [1.807, 2.05) is 7.05 Å². The monoisotopic (exact) mass is 284 g/mol. The van der Waals surface area contributed by atoms with Crippen LogP contribution in [0.15, 0.2) is 0 Å². The highest BCUT2D eigenvalue weighted by Crippen LogP contribution is 2.36. The second-order valence-corrected chi connectivity index (χ2v) is 6.09. The molecule has 0 aliphatic heterocycles. The number of nitrogens with one attached hydrogen (secondary N) is 1. The van der Waals surface area contributed by atoms with Crippen LogP contribution in [-0.2, 0) is 11.3 Å². The van der Waals surface area contributed by atoms with E-state index in [9.17, 15) is 0 Å². The molecule has 0 saturated heterocycles. The first-order chi connectivity index (χ1) is 8.65. The topological polar surface area (TPSA) is 59.9 Å². The Kier molecular flexibility index (Phi) is 4.26. The van der Waals surface area contributed by atoms with Gasteiger partial charge in [-0.25, -0.2) is 4.98 Å². The third-order valence-corrected chi connectivity index (χ3v) is 4.81. The van der Waals surface area contributed by atoms with Crippen molar-refractivity contribution in [2.24, 2.45) is 0 Å². The van der Waals surface area contributed by atoms with Gasteiger partial charge in [-0.05, 0) is 0 Å². The molecule has 0 radical (unpaired) electrons. The molecule has 0 saturated carbocycles. The van der Waals surface area contributed by atoms with Crippen LogP contribution in [0.25, 0.3) is 9.88 Å². The Hall–Kier alpha value is -1.05. The molecule has 18 heavy (non-hydrogen) atoms. The Labute approximate surface area is 114 Å². The second kappa shape index (κ2) is 5.73. The van der Waals surface area contributed by atoms with Gasteiger partial charge in [-0.3, -0.25) is 0 Å². The van der Waals surface area contributed by atoms with Gasteiger partial charge in [0.15, 0.2) is 5.01 Å². The molecule has 0 unspecified atom stereocenters. The highest BCUT2D eigenvalue weighted by molar-refractivity contribution is 7.23. The van der Waals surface area contributed by atoms with Gasteiger partial charge in [-0.2, -0.15) is 0 Å². The van der Waals surface area contributed by atoms with E-state index < -0.39 is 0 Å². The molecule has 2 aromatic heterocycles. The van der Waals surface area contributed by atoms with Gasteiger partial charge in [0.25, 0.3) is 0 Å². The zero-order valence-electron chi connectivity index (χ0n) is 10.9. The van der Waals surface area contributed by atoms with Gasteiger partial charge < -0.3 is 10.1 Å². The summed E-state index contributed by atoms with van der Waals surface area (Å²) < 4.78 is 5.20. The van der Waals surface area contributed by atoms with Crippen molar-refractivity contribution in [1.29, 1.82) is 0 Å². The summed E-state index contributed by atoms with van der Waals surface area (Å²) in [5.74, 6) is 0.413. The van der Waals surface area contributed by atoms with Crippen LogP contribution >= 0.6 is 22.7 Å². The molecular weight excluding hydrogens is 268 g/mol. The maximum atomic E-state index is 5.20. The normalized spacial score (nSPS) is 11.2. The van der Waals surface area contributed by atoms with Crippen LogP contribution in [-0.4, -0.2) is 29.3 Å². The lowest BCUT2D eigenvalue weighted by Crippen LogP contribution is -1.92. The van der Waals surface area contributed by atoms with Gasteiger partial charge >= 0.3 is 0 Å². The van der Waals surface area contributed by atoms with Crippen LogP contribution in [0.1, 0.15) is 30.5 Å². The van der Waals surface area contributed by atoms with Crippen molar-refractivity contribution in [3.63, 3.8) is 0 Å². The van der Waals surface area contributed by atoms with Crippen molar-refractivity contribution in [2.45, 2.75) is 26.4 Å². The minimum absolute atomic E-state index is 0.413. The summed E-state index contributed by atoms with van der Waals surface area (Å²) in [6.07, 6.45) is 0. The minimum atomic E-state index is 0.413. The Morgan fingerprint density at radius 1 is 1.28 bits per heavy atom. The van der Waals surface area contributed by atoms with E-state index >= 15 is 0 Å². The van der Waals surface area contributed by atoms with Gasteiger partial charge in [-0.1, -0.05) is 25.2 Å². The maximum Gasteiger partial charge on any atom is 0.205 e. The van der Waals surface area contributed by atoms with Gasteiger partial charge in [0, 0.05) is 20.1 Å². The Morgan fingerprint density at radius 3 is 2.61 bits per heavy atom. The smallest absolute Gasteiger partial charge is 0.205 e. The summed E-state index contributed by atoms with van der Waals surface area (Å²) in [5.41, 5.74) is 0.949. The number of nitrogens with zero attached hydrogens (tertiary/aromatic N) is 3. The van der Waals surface area contributed by atoms with Crippen LogP contribution in [0.5, 0.6) is 0 Å². The third kappa shape index (κ3) is 2.68. The average molecular weight is 284 g/mol. The first-order valence-corrected chi connectivity index (χ1v) is 7.29. The number of thiazole rings is 1. The minimum Gasteiger partial charge on any atom is -0.378 e. The summed E-state index contributed by atoms with van der Waals surface area (Å²) in [5, 5.41) is 14.1. The van der Waals surface area contributed by atoms with E-state index in [4.69, 9.17) is 4.74 Å². The van der Waals surface area contributed by atoms with Gasteiger partial charge in [-0.15, -0.1) is 21.5 Å². The summed E-state index contributed by atoms with van der Waals surface area (Å²) >= 11 is 3.21. The van der Waals surface area contributed by atoms with Crippen LogP contribution in [0.4, 0.5) is 5.13 Å². The molecule has 0 aliphatic rings. The molecule has 0 aromatic carbocycles. The molecule has 5 nitrogen and oxygen atoms in total. The Morgan fingerprint density at radius 2 is 2.06 bits per heavy atom. The van der Waals surface area contributed by atoms with E-state index in [2.05, 4.69) is 34.3 Å². The summed E-state index contributed by atoms with van der Waals surface area (Å²) in [6.45, 7) is 4.78. The number of anilines is 1. The zero-order chi connectivity index (χ0) is 13.1. The van der Waals surface area contributed by atoms with Gasteiger partial charge in [0.1, 0.15) is 0 Å². The van der Waals surface area contributed by atoms with Crippen molar-refractivity contribution in [1.82, 2.24) is 15.2 Å². The molecule has 98 valence electrons. The Bertz CT molecular complexity index is 521. The number of hydrogen-bond acceptors (Lipinski definition) is 7. The van der Waals surface area contributed by atoms with Crippen LogP contribution in [0.2, 0.25) is 0 Å². The van der Waals surface area contributed by atoms with E-state index in [1.165, 1.54) is 11.3 Å². The lowest BCUT2D eigenvalue weighted by atomic mass is 10.2. The molecule has 0 bridgehead atoms. The maximum absolute atomic E-state index is 5.20. The van der Waals surface area contributed by atoms with Crippen LogP contribution in [0, 0.1) is 0 Å². The molecule has 0 aliphatic carbocycles. The molecule has 0 fully saturated rings. The predicted octanol–water partition coefficient (Wildman–Crippen LogP) is 2.97. The van der Waals surface area contributed by atoms with Crippen molar-refractivity contribution in [3.8, 4) is 9.88 Å². The lowest BCUT2D eigenvalue weighted by molar-refractivity contribution is 0.182. The van der Waals surface area contributed by atoms with Crippen molar-refractivity contribution >= 4 is 27.8 Å². The molecule has 0 atom stereocenters. The molecule has 0 amide bonds. The van der Waals surface area contributed by atoms with Crippen LogP contribution < -0.4 is 5.32 Å². The second-order valence-electron chi connectivity index (χ2n) is 4.08. The van der Waals surface area contributed by atoms with Crippen LogP contribution in [0.3, 0.4) is 0 Å². The first kappa shape index (κ1) is 13.4. The number of hydrogen-bond donors (Lipinski definition) is 1. The van der Waals surface area contributed by atoms with Crippen molar-refractivity contribution < 1.29 is 4.74 Å². The molecule has 2 heterocycles. The SMILES string of the molecule is CNc1nnc(-c2sc(C(C)C)nc2COC)s1. The predicted molar refractivity (Wildman–Crippen MR) is 75.4 cm³/mol. The van der Waals surface area contributed by atoms with Crippen molar-refractivity contribution in [3.05, 3.63) is 10.7 Å². The fraction of sp³-hybridized carbons (Fsp3) is 0.545. The molecule has 0 spiro atoms. The molecule has 1 N–H and O–H groups in total. The fourth-order valence-electron chi connectivity index (χ4n) is 1.43. The Balaban J connectivity index is 2.40. The number of methoxy groups -OCH3 is 1. The number of ether oxygens (including phenoxy) is 1. The van der Waals surface area contributed by atoms with E-state index in [-0.39, 0.29) is 0 Å². The third-order valence-electron chi connectivity index (χ3n) is 2.32. The standard InChI is InChI=1S/C11H16N4OS2/c1-6(2)9-13-7(5-16-4)8(17-9)10-14-15-11(12-3)18-10/h6H,5H2,1-4H3,(H,12,15). The number of aromatic nitrogens is 3. The highest BCUT2D eigenvalue weighted by atomic mass is 32.1. The first-order valence-electron chi connectivity index (χ1n) is 5.65. The quantitative estimate of drug-likeness (QED) is 0.914. The molecule has 2 aromatic rings. The van der Waals surface area contributed by atoms with Crippen molar-refractivity contribution in [2.75, 3.05) is 19.5 Å².